The van der Waals surface area contributed by atoms with Crippen LogP contribution in [0.1, 0.15) is 24.1 Å². The lowest BCUT2D eigenvalue weighted by Crippen LogP contribution is -2.53. The molecule has 2 heterocycles. The fraction of sp³-hybridized carbons (Fsp3) is 0.286. The number of likely N-dealkylation sites (tertiary alicyclic amines) is 1. The smallest absolute Gasteiger partial charge is 0.324 e. The maximum atomic E-state index is 13.2. The monoisotopic (exact) mass is 396 g/mol. The molecular weight excluding hydrogens is 376 g/mol. The molecule has 2 aromatic carbocycles. The Bertz CT molecular complexity index is 1010. The van der Waals surface area contributed by atoms with Gasteiger partial charge in [-0.25, -0.2) is 0 Å². The van der Waals surface area contributed by atoms with E-state index >= 15 is 0 Å². The van der Waals surface area contributed by atoms with Gasteiger partial charge in [-0.15, -0.1) is 0 Å². The first-order valence-electron chi connectivity index (χ1n) is 9.16. The van der Waals surface area contributed by atoms with Gasteiger partial charge in [0.2, 0.25) is 11.8 Å². The van der Waals surface area contributed by atoms with Crippen molar-refractivity contribution in [3.63, 3.8) is 0 Å². The Morgan fingerprint density at radius 2 is 1.79 bits per heavy atom. The van der Waals surface area contributed by atoms with Crippen molar-refractivity contribution in [3.05, 3.63) is 59.7 Å². The highest BCUT2D eigenvalue weighted by Gasteiger charge is 2.66. The molecule has 2 saturated heterocycles. The number of hydrogen-bond acceptors (Lipinski definition) is 6. The summed E-state index contributed by atoms with van der Waals surface area (Å²) in [6, 6.07) is 12.0. The molecule has 2 aromatic rings. The van der Waals surface area contributed by atoms with Gasteiger partial charge in [-0.05, 0) is 18.6 Å². The second-order valence-corrected chi connectivity index (χ2v) is 7.62. The molecule has 0 unspecified atom stereocenters. The van der Waals surface area contributed by atoms with Crippen molar-refractivity contribution >= 4 is 17.8 Å². The molecule has 0 saturated carbocycles. The van der Waals surface area contributed by atoms with Crippen molar-refractivity contribution in [1.29, 1.82) is 0 Å². The summed E-state index contributed by atoms with van der Waals surface area (Å²) in [5.74, 6) is -4.84. The van der Waals surface area contributed by atoms with Gasteiger partial charge >= 0.3 is 5.97 Å². The summed E-state index contributed by atoms with van der Waals surface area (Å²) in [5.41, 5.74) is -0.675. The maximum absolute atomic E-state index is 13.2. The Morgan fingerprint density at radius 1 is 1.10 bits per heavy atom. The number of aliphatic carboxylic acids is 1. The van der Waals surface area contributed by atoms with Crippen LogP contribution in [0.3, 0.4) is 0 Å². The zero-order valence-electron chi connectivity index (χ0n) is 15.6. The van der Waals surface area contributed by atoms with Gasteiger partial charge in [-0.1, -0.05) is 36.4 Å². The lowest BCUT2D eigenvalue weighted by atomic mass is 9.80. The summed E-state index contributed by atoms with van der Waals surface area (Å²) in [4.78, 5) is 39.5. The minimum atomic E-state index is -1.68. The first-order chi connectivity index (χ1) is 13.7. The van der Waals surface area contributed by atoms with Crippen LogP contribution in [-0.2, 0) is 20.9 Å². The second-order valence-electron chi connectivity index (χ2n) is 7.62. The van der Waals surface area contributed by atoms with Crippen LogP contribution in [0.5, 0.6) is 11.5 Å². The highest BCUT2D eigenvalue weighted by atomic mass is 16.4. The van der Waals surface area contributed by atoms with Crippen LogP contribution in [0, 0.1) is 11.8 Å². The minimum Gasteiger partial charge on any atom is -0.508 e. The van der Waals surface area contributed by atoms with Crippen LogP contribution in [0.2, 0.25) is 0 Å². The summed E-state index contributed by atoms with van der Waals surface area (Å²) in [6.45, 7) is 1.43. The lowest BCUT2D eigenvalue weighted by molar-refractivity contribution is -0.150. The molecule has 0 spiro atoms. The van der Waals surface area contributed by atoms with Gasteiger partial charge < -0.3 is 15.3 Å². The number of rotatable bonds is 4. The van der Waals surface area contributed by atoms with E-state index in [1.54, 1.807) is 24.3 Å². The van der Waals surface area contributed by atoms with Crippen molar-refractivity contribution in [1.82, 2.24) is 10.2 Å². The molecule has 150 valence electrons. The van der Waals surface area contributed by atoms with Gasteiger partial charge in [0.25, 0.3) is 0 Å². The molecule has 8 nitrogen and oxygen atoms in total. The number of nitrogens with one attached hydrogen (secondary N) is 1. The maximum Gasteiger partial charge on any atom is 0.324 e. The van der Waals surface area contributed by atoms with E-state index in [0.717, 1.165) is 16.5 Å². The first kappa shape index (κ1) is 18.9. The number of aromatic hydroxyl groups is 2. The molecule has 29 heavy (non-hydrogen) atoms. The molecule has 2 aliphatic heterocycles. The molecule has 2 aliphatic rings. The van der Waals surface area contributed by atoms with E-state index in [1.807, 2.05) is 6.07 Å². The molecule has 4 rings (SSSR count). The Labute approximate surface area is 166 Å². The van der Waals surface area contributed by atoms with Crippen LogP contribution in [0.15, 0.2) is 48.5 Å². The average Bonchev–Trinajstić information content (AvgIpc) is 3.12. The van der Waals surface area contributed by atoms with E-state index in [9.17, 15) is 29.7 Å². The summed E-state index contributed by atoms with van der Waals surface area (Å²) in [6.07, 6.45) is 0. The van der Waals surface area contributed by atoms with Crippen LogP contribution in [-0.4, -0.2) is 43.5 Å². The van der Waals surface area contributed by atoms with E-state index < -0.39 is 41.2 Å². The average molecular weight is 396 g/mol. The van der Waals surface area contributed by atoms with E-state index in [2.05, 4.69) is 5.32 Å². The lowest BCUT2D eigenvalue weighted by Gasteiger charge is -2.27. The number of hydrogen-bond donors (Lipinski definition) is 4. The molecule has 2 amide bonds. The summed E-state index contributed by atoms with van der Waals surface area (Å²) in [5, 5.41) is 32.5. The zero-order chi connectivity index (χ0) is 20.9. The van der Waals surface area contributed by atoms with Gasteiger partial charge in [-0.2, -0.15) is 0 Å². The Morgan fingerprint density at radius 3 is 2.41 bits per heavy atom. The molecule has 0 aliphatic carbocycles. The molecule has 0 aromatic heterocycles. The Balaban J connectivity index is 1.77. The number of fused-ring (bicyclic) bond motifs is 1. The van der Waals surface area contributed by atoms with Crippen molar-refractivity contribution < 1.29 is 29.7 Å². The van der Waals surface area contributed by atoms with Crippen molar-refractivity contribution in [2.45, 2.75) is 25.0 Å². The summed E-state index contributed by atoms with van der Waals surface area (Å²) < 4.78 is 0. The molecule has 4 N–H and O–H groups in total. The fourth-order valence-electron chi connectivity index (χ4n) is 4.38. The number of phenols is 2. The number of phenolic OH excluding ortho intramolecular Hbond substituents is 2. The normalized spacial score (nSPS) is 28.6. The highest BCUT2D eigenvalue weighted by Crippen LogP contribution is 2.50. The third-order valence-corrected chi connectivity index (χ3v) is 5.86. The van der Waals surface area contributed by atoms with Crippen LogP contribution in [0.25, 0.3) is 0 Å². The van der Waals surface area contributed by atoms with E-state index in [-0.39, 0.29) is 23.6 Å². The predicted octanol–water partition coefficient (Wildman–Crippen LogP) is 1.39. The van der Waals surface area contributed by atoms with Crippen LogP contribution in [0.4, 0.5) is 0 Å². The quantitative estimate of drug-likeness (QED) is 0.575. The van der Waals surface area contributed by atoms with Crippen molar-refractivity contribution in [2.24, 2.45) is 11.8 Å². The second kappa shape index (κ2) is 6.59. The summed E-state index contributed by atoms with van der Waals surface area (Å²) in [7, 11) is 0. The van der Waals surface area contributed by atoms with Gasteiger partial charge in [0, 0.05) is 17.7 Å². The highest BCUT2D eigenvalue weighted by molar-refractivity contribution is 6.09. The Kier molecular flexibility index (Phi) is 4.31. The SMILES string of the molecule is C[C@]1(C(=O)O)N[C@H](c2ccc(O)cc2O)[C@@H]2C(=O)N(Cc3ccccc3)C(=O)[C@H]21. The van der Waals surface area contributed by atoms with E-state index in [0.29, 0.717) is 0 Å². The van der Waals surface area contributed by atoms with Crippen LogP contribution < -0.4 is 5.32 Å². The fourth-order valence-corrected chi connectivity index (χ4v) is 4.38. The van der Waals surface area contributed by atoms with Crippen molar-refractivity contribution in [3.8, 4) is 11.5 Å². The number of nitrogens with zero attached hydrogens (tertiary/aromatic N) is 1. The van der Waals surface area contributed by atoms with E-state index in [4.69, 9.17) is 0 Å². The number of imide groups is 1. The summed E-state index contributed by atoms with van der Waals surface area (Å²) >= 11 is 0. The van der Waals surface area contributed by atoms with Gasteiger partial charge in [-0.3, -0.25) is 24.6 Å². The molecule has 0 bridgehead atoms. The molecule has 4 atom stereocenters. The number of carbonyl (C=O) groups is 3. The third kappa shape index (κ3) is 2.84. The van der Waals surface area contributed by atoms with Gasteiger partial charge in [0.1, 0.15) is 17.0 Å². The van der Waals surface area contributed by atoms with Gasteiger partial charge in [0.05, 0.1) is 18.4 Å². The molecule has 2 fully saturated rings. The number of carbonyl (C=O) groups excluding carboxylic acids is 2. The standard InChI is InChI=1S/C21H20N2O6/c1-21(20(28)29)16-15(17(22-21)13-8-7-12(24)9-14(13)25)18(26)23(19(16)27)10-11-5-3-2-4-6-11/h2-9,15-17,22,24-25H,10H2,1H3,(H,28,29)/t15-,16+,17-,21+/m1/s1. The number of carboxylic acids is 1. The van der Waals surface area contributed by atoms with Crippen molar-refractivity contribution in [2.75, 3.05) is 0 Å². The zero-order valence-corrected chi connectivity index (χ0v) is 15.6. The number of benzene rings is 2. The number of carboxylic acid groups (broad SMARTS) is 1. The molecular formula is C21H20N2O6. The largest absolute Gasteiger partial charge is 0.508 e. The Hall–Kier alpha value is -3.39. The minimum absolute atomic E-state index is 0.0511. The predicted molar refractivity (Wildman–Crippen MR) is 101 cm³/mol. The topological polar surface area (TPSA) is 127 Å². The third-order valence-electron chi connectivity index (χ3n) is 5.86. The number of amides is 2. The van der Waals surface area contributed by atoms with Crippen LogP contribution >= 0.6 is 0 Å². The van der Waals surface area contributed by atoms with E-state index in [1.165, 1.54) is 19.1 Å². The molecule has 8 heteroatoms. The first-order valence-corrected chi connectivity index (χ1v) is 9.16. The molecule has 0 radical (unpaired) electrons. The van der Waals surface area contributed by atoms with Gasteiger partial charge in [0.15, 0.2) is 0 Å².